The smallest absolute Gasteiger partial charge is 0.407 e. The van der Waals surface area contributed by atoms with Gasteiger partial charge in [0.15, 0.2) is 5.78 Å². The maximum atomic E-state index is 11.3. The minimum absolute atomic E-state index is 0.0474. The zero-order chi connectivity index (χ0) is 86.6. The number of esters is 1. The van der Waals surface area contributed by atoms with Gasteiger partial charge in [-0.15, -0.1) is 0 Å². The van der Waals surface area contributed by atoms with Crippen LogP contribution in [0, 0.1) is 0 Å². The minimum atomic E-state index is -1.02. The number of hydrazine groups is 1. The number of rotatable bonds is 25. The summed E-state index contributed by atoms with van der Waals surface area (Å²) < 4.78 is 19.1. The van der Waals surface area contributed by atoms with Crippen LogP contribution in [0.4, 0.5) is 56.0 Å². The second-order valence-electron chi connectivity index (χ2n) is 24.2. The fourth-order valence-electron chi connectivity index (χ4n) is 7.88. The van der Waals surface area contributed by atoms with Gasteiger partial charge in [0, 0.05) is 103 Å². The van der Waals surface area contributed by atoms with Crippen LogP contribution in [0.3, 0.4) is 0 Å². The highest BCUT2D eigenvalue weighted by atomic mass is 16.6. The highest BCUT2D eigenvalue weighted by Crippen LogP contribution is 2.15. The van der Waals surface area contributed by atoms with E-state index in [1.54, 1.807) is 105 Å². The molecule has 628 valence electrons. The Labute approximate surface area is 676 Å². The van der Waals surface area contributed by atoms with E-state index in [0.29, 0.717) is 97.7 Å². The SMILES string of the molecule is CC(N)c1ccccn1.CCc1ccc(/C(C)=N/OCCCC(=O)OCCOC)cc1.CCc1ccc(C(C)=O)cc1.CN(C)CCCN.COCCOC(=O)NCCON.NCc1ccccn1.NNC(=O)c1ccc(N)cc1.Nc1cc(N)cc(C(=O)O)c1.Nc1ccc(N)cc1.Nc1cccc(N)c1.Nc1ccccc1N. The summed E-state index contributed by atoms with van der Waals surface area (Å²) in [4.78, 5) is 73.7. The van der Waals surface area contributed by atoms with Gasteiger partial charge in [-0.25, -0.2) is 21.3 Å². The van der Waals surface area contributed by atoms with E-state index < -0.39 is 12.1 Å². The number of nitrogens with one attached hydrogen (secondary N) is 2. The predicted octanol–water partition coefficient (Wildman–Crippen LogP) is 9.17. The van der Waals surface area contributed by atoms with Crippen molar-refractivity contribution in [1.82, 2.24) is 25.6 Å². The minimum Gasteiger partial charge on any atom is -0.478 e. The number of aromatic nitrogens is 2. The lowest BCUT2D eigenvalue weighted by molar-refractivity contribution is -0.145. The number of ketones is 1. The third-order valence-electron chi connectivity index (χ3n) is 14.2. The molecule has 9 aromatic rings. The van der Waals surface area contributed by atoms with E-state index in [2.05, 4.69) is 79.7 Å². The van der Waals surface area contributed by atoms with Crippen molar-refractivity contribution in [2.45, 2.75) is 79.3 Å². The van der Waals surface area contributed by atoms with Crippen LogP contribution in [0.15, 0.2) is 218 Å². The van der Waals surface area contributed by atoms with Crippen LogP contribution in [0.5, 0.6) is 0 Å². The van der Waals surface area contributed by atoms with E-state index in [0.717, 1.165) is 72.0 Å². The van der Waals surface area contributed by atoms with Crippen molar-refractivity contribution in [1.29, 1.82) is 0 Å². The maximum Gasteiger partial charge on any atom is 0.407 e. The van der Waals surface area contributed by atoms with Crippen molar-refractivity contribution < 1.29 is 57.7 Å². The largest absolute Gasteiger partial charge is 0.478 e. The first-order valence-corrected chi connectivity index (χ1v) is 36.3. The summed E-state index contributed by atoms with van der Waals surface area (Å²) in [5, 5.41) is 15.0. The molecule has 1 unspecified atom stereocenters. The van der Waals surface area contributed by atoms with Crippen molar-refractivity contribution in [3.05, 3.63) is 257 Å². The lowest BCUT2D eigenvalue weighted by Crippen LogP contribution is -2.29. The van der Waals surface area contributed by atoms with Gasteiger partial charge < -0.3 is 113 Å². The van der Waals surface area contributed by atoms with Gasteiger partial charge in [0.1, 0.15) is 19.8 Å². The van der Waals surface area contributed by atoms with Gasteiger partial charge in [-0.3, -0.25) is 29.8 Å². The number of pyridine rings is 2. The van der Waals surface area contributed by atoms with E-state index in [4.69, 9.17) is 100.0 Å². The van der Waals surface area contributed by atoms with E-state index in [9.17, 15) is 24.0 Å². The van der Waals surface area contributed by atoms with Crippen molar-refractivity contribution in [2.75, 3.05) is 139 Å². The molecule has 0 saturated carbocycles. The van der Waals surface area contributed by atoms with Gasteiger partial charge >= 0.3 is 18.0 Å². The van der Waals surface area contributed by atoms with Crippen LogP contribution in [-0.2, 0) is 52.8 Å². The number of Topliss-reactive ketones (excluding diaryl/α,β-unsaturated/α-hetero) is 1. The van der Waals surface area contributed by atoms with Gasteiger partial charge in [-0.2, -0.15) is 0 Å². The summed E-state index contributed by atoms with van der Waals surface area (Å²) in [5.41, 5.74) is 79.8. The molecule has 0 radical (unpaired) electrons. The fourth-order valence-corrected chi connectivity index (χ4v) is 7.88. The number of nitrogens with two attached hydrogens (primary N) is 14. The molecule has 32 heteroatoms. The van der Waals surface area contributed by atoms with E-state index in [-0.39, 0.29) is 42.5 Å². The summed E-state index contributed by atoms with van der Waals surface area (Å²) in [7, 11) is 7.20. The van der Waals surface area contributed by atoms with Crippen LogP contribution >= 0.6 is 0 Å². The standard InChI is InChI=1S/C17H25NO4.C10H12O.C7H9N3O.C7H8N2O2.C7H10N2.C6H14N2O4.4C6H8N2.C5H14N2/c1-4-15-7-9-16(10-8-15)14(2)18-22-11-5-6-17(19)21-13-12-20-3;1-3-9-4-6-10(7-5-9)8(2)11;8-6-3-1-5(2-4-6)7(11)10-9;8-5-1-4(7(10)11)2-6(9)3-5;1-6(8)7-4-2-3-5-9-7;1-10-4-5-11-6(9)8-2-3-12-7;7-5-1-2-6(8)4-3-5;7-5-2-1-3-6(8)4-5;7-5-6-3-1-2-4-8-6;7-5-3-1-2-4-6(5)8;1-7(2)5-3-4-6/h7-10H,4-6,11-13H2,1-3H3;4-7H,3H2,1-2H3;1-4H,8-9H2,(H,10,11);1-3H,8-9H2,(H,10,11);2-6H,8H2,1H3;2-5,7H2,1H3,(H,8,9);2*1-4H,7-8H2;1-4H,5,7H2;1-4H,7-8H2;3-6H2,1-2H3/b18-14+;;;;;;;;;;. The number of aryl methyl sites for hydroxylation is 2. The number of alkyl carbamates (subject to hydrolysis) is 1. The number of nitrogen functional groups attached to an aromatic ring is 10. The fraction of sp³-hybridized carbons (Fsp3) is 0.301. The van der Waals surface area contributed by atoms with Gasteiger partial charge in [0.05, 0.1) is 53.9 Å². The Bertz CT molecular complexity index is 3930. The first-order chi connectivity index (χ1) is 54.9. The Hall–Kier alpha value is -12.5. The highest BCUT2D eigenvalue weighted by Gasteiger charge is 2.06. The number of benzene rings is 7. The summed E-state index contributed by atoms with van der Waals surface area (Å²) in [6, 6.07) is 59.7. The Morgan fingerprint density at radius 3 is 1.36 bits per heavy atom. The molecule has 115 heavy (non-hydrogen) atoms. The molecule has 2 heterocycles. The number of carboxylic acid groups (broad SMARTS) is 1. The summed E-state index contributed by atoms with van der Waals surface area (Å²) in [6.07, 6.45) is 7.05. The number of methoxy groups -OCH3 is 2. The lowest BCUT2D eigenvalue weighted by Gasteiger charge is -2.05. The van der Waals surface area contributed by atoms with Crippen molar-refractivity contribution in [2.24, 2.45) is 34.1 Å². The molecule has 0 aliphatic heterocycles. The van der Waals surface area contributed by atoms with Gasteiger partial charge in [0.2, 0.25) is 0 Å². The third kappa shape index (κ3) is 58.1. The number of amides is 2. The molecule has 0 bridgehead atoms. The summed E-state index contributed by atoms with van der Waals surface area (Å²) in [5.74, 6) is 8.19. The third-order valence-corrected chi connectivity index (χ3v) is 14.2. The van der Waals surface area contributed by atoms with E-state index >= 15 is 0 Å². The number of hydrogen-bond donors (Lipinski definition) is 17. The molecule has 2 amide bonds. The number of nitrogens with zero attached hydrogens (tertiary/aromatic N) is 4. The molecule has 1 atom stereocenters. The molecule has 32 nitrogen and oxygen atoms in total. The highest BCUT2D eigenvalue weighted by molar-refractivity contribution is 5.98. The number of carboxylic acids is 1. The molecular weight excluding hydrogens is 1470 g/mol. The van der Waals surface area contributed by atoms with E-state index in [1.807, 2.05) is 110 Å². The zero-order valence-corrected chi connectivity index (χ0v) is 67.7. The molecular formula is C83H124N20O12. The number of anilines is 9. The van der Waals surface area contributed by atoms with Crippen LogP contribution in [-0.4, -0.2) is 143 Å². The molecule has 0 aliphatic carbocycles. The molecule has 9 rings (SSSR count). The Balaban J connectivity index is 0. The second-order valence-corrected chi connectivity index (χ2v) is 24.2. The van der Waals surface area contributed by atoms with Crippen LogP contribution < -0.4 is 91.3 Å². The number of carbonyl (C=O) groups is 5. The molecule has 2 aromatic heterocycles. The Morgan fingerprint density at radius 1 is 0.522 bits per heavy atom. The first kappa shape index (κ1) is 105. The predicted molar refractivity (Wildman–Crippen MR) is 465 cm³/mol. The van der Waals surface area contributed by atoms with Gasteiger partial charge in [-0.05, 0) is 212 Å². The normalized spacial score (nSPS) is 10.0. The quantitative estimate of drug-likeness (QED) is 0.00370. The lowest BCUT2D eigenvalue weighted by atomic mass is 10.1. The van der Waals surface area contributed by atoms with Gasteiger partial charge in [-0.1, -0.05) is 97.9 Å². The number of aromatic carboxylic acids is 1. The molecule has 0 spiro atoms. The summed E-state index contributed by atoms with van der Waals surface area (Å²) in [6.45, 7) is 14.4. The monoisotopic (exact) mass is 1590 g/mol. The Morgan fingerprint density at radius 2 is 0.991 bits per heavy atom. The molecule has 0 fully saturated rings. The van der Waals surface area contributed by atoms with Crippen LogP contribution in [0.1, 0.15) is 119 Å². The number of oxime groups is 1. The molecule has 0 aliphatic rings. The topological polar surface area (TPSA) is 591 Å². The van der Waals surface area contributed by atoms with Crippen LogP contribution in [0.25, 0.3) is 0 Å². The first-order valence-electron chi connectivity index (χ1n) is 36.3. The van der Waals surface area contributed by atoms with Crippen LogP contribution in [0.2, 0.25) is 0 Å². The number of ether oxygens (including phenoxy) is 4. The molecule has 31 N–H and O–H groups in total. The summed E-state index contributed by atoms with van der Waals surface area (Å²) >= 11 is 0. The van der Waals surface area contributed by atoms with Crippen molar-refractivity contribution in [3.8, 4) is 0 Å². The Kier molecular flexibility index (Phi) is 61.1. The van der Waals surface area contributed by atoms with Crippen molar-refractivity contribution in [3.63, 3.8) is 0 Å². The number of para-hydroxylation sites is 2. The number of carbonyl (C=O) groups excluding carboxylic acids is 4. The maximum absolute atomic E-state index is 11.3. The van der Waals surface area contributed by atoms with Gasteiger partial charge in [0.25, 0.3) is 5.91 Å². The number of hydrogen-bond acceptors (Lipinski definition) is 29. The second kappa shape index (κ2) is 67.2. The van der Waals surface area contributed by atoms with E-state index in [1.165, 1.54) is 36.4 Å². The van der Waals surface area contributed by atoms with Crippen molar-refractivity contribution >= 4 is 86.6 Å². The average Bonchev–Trinajstić information content (AvgIpc) is 0.882. The zero-order valence-electron chi connectivity index (χ0n) is 67.7. The average molecular weight is 1590 g/mol. The molecule has 7 aromatic carbocycles. The molecule has 0 saturated heterocycles.